The monoisotopic (exact) mass is 336 g/mol. The quantitative estimate of drug-likeness (QED) is 0.815. The van der Waals surface area contributed by atoms with E-state index >= 15 is 0 Å². The molecule has 1 aromatic carbocycles. The summed E-state index contributed by atoms with van der Waals surface area (Å²) in [6.07, 6.45) is 0. The van der Waals surface area contributed by atoms with E-state index in [0.29, 0.717) is 22.7 Å². The number of nitriles is 1. The van der Waals surface area contributed by atoms with Crippen LogP contribution >= 0.6 is 23.4 Å². The summed E-state index contributed by atoms with van der Waals surface area (Å²) in [7, 11) is 0. The Morgan fingerprint density at radius 3 is 2.86 bits per heavy atom. The molecule has 1 N–H and O–H groups in total. The third-order valence-corrected chi connectivity index (χ3v) is 3.72. The first-order valence-corrected chi connectivity index (χ1v) is 7.83. The summed E-state index contributed by atoms with van der Waals surface area (Å²) < 4.78 is 5.47. The molecule has 0 saturated carbocycles. The van der Waals surface area contributed by atoms with Gasteiger partial charge in [-0.2, -0.15) is 5.26 Å². The fourth-order valence-corrected chi connectivity index (χ4v) is 2.19. The summed E-state index contributed by atoms with van der Waals surface area (Å²) in [5.41, 5.74) is 0.760. The number of aromatic nitrogens is 2. The third kappa shape index (κ3) is 4.76. The summed E-state index contributed by atoms with van der Waals surface area (Å²) in [5.74, 6) is 0.130. The van der Waals surface area contributed by atoms with Crippen LogP contribution in [0.3, 0.4) is 0 Å². The number of nitrogens with zero attached hydrogens (tertiary/aromatic N) is 3. The lowest BCUT2D eigenvalue weighted by Crippen LogP contribution is -2.29. The SMILES string of the molecule is CC(C#N)CNC(=O)CSc1nnc(-c2ccc(Cl)cc2)o1. The van der Waals surface area contributed by atoms with Crippen LogP contribution in [0.2, 0.25) is 5.02 Å². The van der Waals surface area contributed by atoms with Crippen LogP contribution in [0.1, 0.15) is 6.92 Å². The lowest BCUT2D eigenvalue weighted by Gasteiger charge is -2.04. The van der Waals surface area contributed by atoms with Gasteiger partial charge in [-0.3, -0.25) is 4.79 Å². The smallest absolute Gasteiger partial charge is 0.277 e. The van der Waals surface area contributed by atoms with Gasteiger partial charge in [0.1, 0.15) is 0 Å². The highest BCUT2D eigenvalue weighted by molar-refractivity contribution is 7.99. The maximum atomic E-state index is 11.6. The highest BCUT2D eigenvalue weighted by Crippen LogP contribution is 2.24. The van der Waals surface area contributed by atoms with E-state index < -0.39 is 0 Å². The first kappa shape index (κ1) is 16.3. The van der Waals surface area contributed by atoms with E-state index in [1.165, 1.54) is 0 Å². The van der Waals surface area contributed by atoms with Crippen LogP contribution < -0.4 is 5.32 Å². The molecule has 114 valence electrons. The molecule has 8 heteroatoms. The van der Waals surface area contributed by atoms with Crippen LogP contribution in [0.5, 0.6) is 0 Å². The minimum Gasteiger partial charge on any atom is -0.411 e. The zero-order valence-corrected chi connectivity index (χ0v) is 13.3. The van der Waals surface area contributed by atoms with E-state index in [9.17, 15) is 4.79 Å². The molecule has 0 saturated heterocycles. The maximum absolute atomic E-state index is 11.6. The number of amides is 1. The summed E-state index contributed by atoms with van der Waals surface area (Å²) in [5, 5.41) is 20.0. The molecule has 22 heavy (non-hydrogen) atoms. The molecule has 0 aliphatic heterocycles. The zero-order valence-electron chi connectivity index (χ0n) is 11.7. The predicted molar refractivity (Wildman–Crippen MR) is 83.3 cm³/mol. The fourth-order valence-electron chi connectivity index (χ4n) is 1.47. The maximum Gasteiger partial charge on any atom is 0.277 e. The van der Waals surface area contributed by atoms with Crippen molar-refractivity contribution in [1.82, 2.24) is 15.5 Å². The summed E-state index contributed by atoms with van der Waals surface area (Å²) in [6, 6.07) is 9.07. The van der Waals surface area contributed by atoms with Crippen molar-refractivity contribution in [3.63, 3.8) is 0 Å². The van der Waals surface area contributed by atoms with Crippen LogP contribution in [0.15, 0.2) is 33.9 Å². The Kier molecular flexibility index (Phi) is 5.81. The van der Waals surface area contributed by atoms with Crippen molar-refractivity contribution < 1.29 is 9.21 Å². The zero-order chi connectivity index (χ0) is 15.9. The molecule has 2 rings (SSSR count). The normalized spacial score (nSPS) is 11.7. The third-order valence-electron chi connectivity index (χ3n) is 2.65. The van der Waals surface area contributed by atoms with E-state index in [1.54, 1.807) is 31.2 Å². The average molecular weight is 337 g/mol. The second-order valence-electron chi connectivity index (χ2n) is 4.50. The van der Waals surface area contributed by atoms with Gasteiger partial charge in [-0.25, -0.2) is 0 Å². The Hall–Kier alpha value is -2.04. The van der Waals surface area contributed by atoms with Crippen molar-refractivity contribution in [2.45, 2.75) is 12.1 Å². The standard InChI is InChI=1S/C14H13ClN4O2S/c1-9(6-16)7-17-12(20)8-22-14-19-18-13(21-14)10-2-4-11(15)5-3-10/h2-5,9H,7-8H2,1H3,(H,17,20). The molecule has 0 aliphatic carbocycles. The Morgan fingerprint density at radius 2 is 2.18 bits per heavy atom. The molecular weight excluding hydrogens is 324 g/mol. The van der Waals surface area contributed by atoms with E-state index in [2.05, 4.69) is 15.5 Å². The van der Waals surface area contributed by atoms with Crippen LogP contribution in [-0.4, -0.2) is 28.4 Å². The van der Waals surface area contributed by atoms with Crippen molar-refractivity contribution in [3.05, 3.63) is 29.3 Å². The first-order chi connectivity index (χ1) is 10.6. The van der Waals surface area contributed by atoms with Gasteiger partial charge in [0, 0.05) is 17.1 Å². The van der Waals surface area contributed by atoms with Crippen LogP contribution in [-0.2, 0) is 4.79 Å². The van der Waals surface area contributed by atoms with Gasteiger partial charge in [-0.15, -0.1) is 10.2 Å². The number of rotatable bonds is 6. The molecule has 1 aromatic heterocycles. The number of carbonyl (C=O) groups is 1. The molecule has 1 atom stereocenters. The average Bonchev–Trinajstić information content (AvgIpc) is 3.00. The molecule has 6 nitrogen and oxygen atoms in total. The Labute approximate surface area is 136 Å². The van der Waals surface area contributed by atoms with Crippen LogP contribution in [0.4, 0.5) is 0 Å². The van der Waals surface area contributed by atoms with Crippen LogP contribution in [0.25, 0.3) is 11.5 Å². The predicted octanol–water partition coefficient (Wildman–Crippen LogP) is 2.76. The summed E-state index contributed by atoms with van der Waals surface area (Å²) in [4.78, 5) is 11.6. The topological polar surface area (TPSA) is 91.8 Å². The number of thioether (sulfide) groups is 1. The number of nitrogens with one attached hydrogen (secondary N) is 1. The molecule has 1 amide bonds. The van der Waals surface area contributed by atoms with Crippen molar-refractivity contribution in [1.29, 1.82) is 5.26 Å². The van der Waals surface area contributed by atoms with E-state index in [4.69, 9.17) is 21.3 Å². The summed E-state index contributed by atoms with van der Waals surface area (Å²) in [6.45, 7) is 2.07. The van der Waals surface area contributed by atoms with Gasteiger partial charge in [0.15, 0.2) is 0 Å². The fraction of sp³-hybridized carbons (Fsp3) is 0.286. The van der Waals surface area contributed by atoms with E-state index in [0.717, 1.165) is 17.3 Å². The molecule has 1 unspecified atom stereocenters. The van der Waals surface area contributed by atoms with Crippen molar-refractivity contribution in [3.8, 4) is 17.5 Å². The number of hydrogen-bond acceptors (Lipinski definition) is 6. The number of benzene rings is 1. The van der Waals surface area contributed by atoms with Gasteiger partial charge in [0.25, 0.3) is 5.22 Å². The van der Waals surface area contributed by atoms with E-state index in [1.807, 2.05) is 6.07 Å². The van der Waals surface area contributed by atoms with Crippen LogP contribution in [0, 0.1) is 17.2 Å². The molecule has 0 bridgehead atoms. The second kappa shape index (κ2) is 7.82. The largest absolute Gasteiger partial charge is 0.411 e. The Bertz CT molecular complexity index is 681. The lowest BCUT2D eigenvalue weighted by molar-refractivity contribution is -0.118. The number of halogens is 1. The van der Waals surface area contributed by atoms with Gasteiger partial charge >= 0.3 is 0 Å². The van der Waals surface area contributed by atoms with Gasteiger partial charge in [-0.05, 0) is 31.2 Å². The molecule has 1 heterocycles. The Balaban J connectivity index is 1.86. The molecular formula is C14H13ClN4O2S. The highest BCUT2D eigenvalue weighted by Gasteiger charge is 2.11. The molecule has 0 fully saturated rings. The lowest BCUT2D eigenvalue weighted by atomic mass is 10.2. The van der Waals surface area contributed by atoms with Gasteiger partial charge in [0.2, 0.25) is 11.8 Å². The van der Waals surface area contributed by atoms with Gasteiger partial charge in [-0.1, -0.05) is 23.4 Å². The van der Waals surface area contributed by atoms with Gasteiger partial charge in [0.05, 0.1) is 17.7 Å². The molecule has 0 aliphatic rings. The molecule has 2 aromatic rings. The second-order valence-corrected chi connectivity index (χ2v) is 5.87. The number of hydrogen-bond donors (Lipinski definition) is 1. The molecule has 0 spiro atoms. The molecule has 0 radical (unpaired) electrons. The Morgan fingerprint density at radius 1 is 1.45 bits per heavy atom. The van der Waals surface area contributed by atoms with Crippen molar-refractivity contribution >= 4 is 29.3 Å². The van der Waals surface area contributed by atoms with Crippen molar-refractivity contribution in [2.24, 2.45) is 5.92 Å². The van der Waals surface area contributed by atoms with Gasteiger partial charge < -0.3 is 9.73 Å². The van der Waals surface area contributed by atoms with E-state index in [-0.39, 0.29) is 17.6 Å². The van der Waals surface area contributed by atoms with Crippen molar-refractivity contribution in [2.75, 3.05) is 12.3 Å². The summed E-state index contributed by atoms with van der Waals surface area (Å²) >= 11 is 6.96. The highest BCUT2D eigenvalue weighted by atomic mass is 35.5. The minimum absolute atomic E-state index is 0.153. The minimum atomic E-state index is -0.214. The number of carbonyl (C=O) groups excluding carboxylic acids is 1. The first-order valence-electron chi connectivity index (χ1n) is 6.47.